The fourth-order valence-corrected chi connectivity index (χ4v) is 5.52. The zero-order valence-electron chi connectivity index (χ0n) is 16.8. The number of rotatable bonds is 3. The van der Waals surface area contributed by atoms with Gasteiger partial charge in [-0.2, -0.15) is 13.2 Å². The Morgan fingerprint density at radius 3 is 2.21 bits per heavy atom. The highest BCUT2D eigenvalue weighted by Gasteiger charge is 2.35. The van der Waals surface area contributed by atoms with Crippen molar-refractivity contribution in [3.63, 3.8) is 0 Å². The average Bonchev–Trinajstić information content (AvgIpc) is 2.72. The maximum Gasteiger partial charge on any atom is 0.416 e. The molecule has 0 nitrogen and oxygen atoms in total. The number of halogens is 4. The van der Waals surface area contributed by atoms with E-state index in [9.17, 15) is 17.6 Å². The molecule has 2 aliphatic rings. The van der Waals surface area contributed by atoms with Crippen molar-refractivity contribution in [2.75, 3.05) is 0 Å². The molecule has 4 heteroatoms. The van der Waals surface area contributed by atoms with Crippen LogP contribution < -0.4 is 0 Å². The third-order valence-corrected chi connectivity index (χ3v) is 7.29. The van der Waals surface area contributed by atoms with Crippen molar-refractivity contribution in [2.24, 2.45) is 17.8 Å². The van der Waals surface area contributed by atoms with E-state index in [1.165, 1.54) is 44.2 Å². The van der Waals surface area contributed by atoms with Gasteiger partial charge in [-0.3, -0.25) is 0 Å². The first-order chi connectivity index (χ1) is 13.8. The summed E-state index contributed by atoms with van der Waals surface area (Å²) >= 11 is 0. The first kappa shape index (κ1) is 20.4. The van der Waals surface area contributed by atoms with E-state index in [-0.39, 0.29) is 5.82 Å². The van der Waals surface area contributed by atoms with Gasteiger partial charge in [0.25, 0.3) is 0 Å². The van der Waals surface area contributed by atoms with Gasteiger partial charge in [-0.1, -0.05) is 44.0 Å². The molecule has 0 aliphatic heterocycles. The fourth-order valence-electron chi connectivity index (χ4n) is 5.52. The van der Waals surface area contributed by atoms with E-state index in [0.29, 0.717) is 17.0 Å². The smallest absolute Gasteiger partial charge is 0.206 e. The number of fused-ring (bicyclic) bond motifs is 1. The van der Waals surface area contributed by atoms with Crippen LogP contribution >= 0.6 is 0 Å². The molecule has 2 aromatic carbocycles. The van der Waals surface area contributed by atoms with Crippen molar-refractivity contribution in [3.05, 3.63) is 59.4 Å². The molecule has 0 saturated heterocycles. The van der Waals surface area contributed by atoms with Crippen LogP contribution in [0, 0.1) is 23.6 Å². The van der Waals surface area contributed by atoms with Gasteiger partial charge < -0.3 is 0 Å². The normalized spacial score (nSPS) is 27.5. The summed E-state index contributed by atoms with van der Waals surface area (Å²) in [5.41, 5.74) is 1.16. The van der Waals surface area contributed by atoms with Crippen molar-refractivity contribution < 1.29 is 17.6 Å². The second kappa shape index (κ2) is 8.12. The minimum Gasteiger partial charge on any atom is -0.206 e. The molecule has 156 valence electrons. The zero-order chi connectivity index (χ0) is 20.6. The molecule has 4 atom stereocenters. The Labute approximate surface area is 170 Å². The minimum absolute atomic E-state index is 0.348. The molecule has 4 rings (SSSR count). The summed E-state index contributed by atoms with van der Waals surface area (Å²) in [6, 6.07) is 10.0. The van der Waals surface area contributed by atoms with Crippen molar-refractivity contribution in [3.8, 4) is 11.1 Å². The molecule has 0 spiro atoms. The molecule has 0 aromatic heterocycles. The summed E-state index contributed by atoms with van der Waals surface area (Å²) in [5, 5.41) is 0. The van der Waals surface area contributed by atoms with Crippen LogP contribution in [0.2, 0.25) is 0 Å². The lowest BCUT2D eigenvalue weighted by molar-refractivity contribution is -0.137. The first-order valence-corrected chi connectivity index (χ1v) is 10.8. The van der Waals surface area contributed by atoms with Crippen LogP contribution in [0.5, 0.6) is 0 Å². The Kier molecular flexibility index (Phi) is 5.72. The maximum atomic E-state index is 14.8. The van der Waals surface area contributed by atoms with Crippen LogP contribution in [0.4, 0.5) is 17.6 Å². The molecule has 29 heavy (non-hydrogen) atoms. The van der Waals surface area contributed by atoms with Crippen molar-refractivity contribution in [1.82, 2.24) is 0 Å². The minimum atomic E-state index is -4.38. The van der Waals surface area contributed by atoms with Crippen LogP contribution in [0.1, 0.15) is 68.9 Å². The van der Waals surface area contributed by atoms with Gasteiger partial charge in [0.1, 0.15) is 5.82 Å². The van der Waals surface area contributed by atoms with Gasteiger partial charge in [0.2, 0.25) is 0 Å². The van der Waals surface area contributed by atoms with E-state index in [0.717, 1.165) is 48.3 Å². The molecular weight excluding hydrogens is 376 g/mol. The molecule has 2 aromatic rings. The van der Waals surface area contributed by atoms with E-state index in [4.69, 9.17) is 0 Å². The van der Waals surface area contributed by atoms with Gasteiger partial charge in [-0.25, -0.2) is 4.39 Å². The summed E-state index contributed by atoms with van der Waals surface area (Å²) < 4.78 is 53.1. The first-order valence-electron chi connectivity index (χ1n) is 10.8. The third-order valence-electron chi connectivity index (χ3n) is 7.29. The van der Waals surface area contributed by atoms with Gasteiger partial charge in [0.15, 0.2) is 0 Å². The molecule has 0 radical (unpaired) electrons. The van der Waals surface area contributed by atoms with Crippen LogP contribution in [0.25, 0.3) is 11.1 Å². The van der Waals surface area contributed by atoms with Crippen LogP contribution in [0.15, 0.2) is 42.5 Å². The topological polar surface area (TPSA) is 0 Å². The summed E-state index contributed by atoms with van der Waals surface area (Å²) in [7, 11) is 0. The quantitative estimate of drug-likeness (QED) is 0.452. The summed E-state index contributed by atoms with van der Waals surface area (Å²) in [6.07, 6.45) is 4.36. The Bertz CT molecular complexity index is 837. The molecule has 0 heterocycles. The Morgan fingerprint density at radius 1 is 0.862 bits per heavy atom. The van der Waals surface area contributed by atoms with Crippen molar-refractivity contribution >= 4 is 0 Å². The standard InChI is InChI=1S/C25H28F4/c1-2-16-3-4-19-14-20(6-5-18(19)13-16)21-9-12-23(24(26)15-21)17-7-10-22(11-8-17)25(27,28)29/h7-12,15-16,18-20H,2-6,13-14H2,1H3/t16?,18-,19-,20-/m1/s1. The summed E-state index contributed by atoms with van der Waals surface area (Å²) in [5.74, 6) is 2.52. The number of hydrogen-bond donors (Lipinski definition) is 0. The molecule has 0 bridgehead atoms. The van der Waals surface area contributed by atoms with Gasteiger partial charge >= 0.3 is 6.18 Å². The predicted molar refractivity (Wildman–Crippen MR) is 108 cm³/mol. The monoisotopic (exact) mass is 404 g/mol. The van der Waals surface area contributed by atoms with Crippen LogP contribution in [0.3, 0.4) is 0 Å². The molecule has 0 amide bonds. The van der Waals surface area contributed by atoms with E-state index < -0.39 is 11.7 Å². The van der Waals surface area contributed by atoms with Gasteiger partial charge in [0.05, 0.1) is 5.56 Å². The van der Waals surface area contributed by atoms with Gasteiger partial charge in [-0.05, 0) is 85.1 Å². The van der Waals surface area contributed by atoms with E-state index >= 15 is 0 Å². The van der Waals surface area contributed by atoms with Crippen molar-refractivity contribution in [2.45, 2.75) is 64.0 Å². The SMILES string of the molecule is CCC1CC[C@@H]2C[C@H](c3ccc(-c4ccc(C(F)(F)F)cc4)c(F)c3)CC[C@@H]2C1. The Balaban J connectivity index is 1.48. The number of benzene rings is 2. The predicted octanol–water partition coefficient (Wildman–Crippen LogP) is 8.22. The average molecular weight is 404 g/mol. The van der Waals surface area contributed by atoms with E-state index in [1.807, 2.05) is 6.07 Å². The van der Waals surface area contributed by atoms with Gasteiger partial charge in [0, 0.05) is 5.56 Å². The van der Waals surface area contributed by atoms with Crippen molar-refractivity contribution in [1.29, 1.82) is 0 Å². The highest BCUT2D eigenvalue weighted by molar-refractivity contribution is 5.65. The van der Waals surface area contributed by atoms with Crippen LogP contribution in [-0.2, 0) is 6.18 Å². The molecule has 0 N–H and O–H groups in total. The molecular formula is C25H28F4. The highest BCUT2D eigenvalue weighted by Crippen LogP contribution is 2.48. The summed E-state index contributed by atoms with van der Waals surface area (Å²) in [6.45, 7) is 2.29. The zero-order valence-corrected chi connectivity index (χ0v) is 16.8. The second-order valence-electron chi connectivity index (χ2n) is 8.93. The lowest BCUT2D eigenvalue weighted by atomic mass is 9.63. The van der Waals surface area contributed by atoms with Crippen LogP contribution in [-0.4, -0.2) is 0 Å². The summed E-state index contributed by atoms with van der Waals surface area (Å²) in [4.78, 5) is 0. The molecule has 2 aliphatic carbocycles. The lowest BCUT2D eigenvalue weighted by Gasteiger charge is -2.42. The maximum absolute atomic E-state index is 14.8. The molecule has 2 saturated carbocycles. The number of hydrogen-bond acceptors (Lipinski definition) is 0. The largest absolute Gasteiger partial charge is 0.416 e. The lowest BCUT2D eigenvalue weighted by Crippen LogP contribution is -2.30. The highest BCUT2D eigenvalue weighted by atomic mass is 19.4. The second-order valence-corrected chi connectivity index (χ2v) is 8.93. The molecule has 1 unspecified atom stereocenters. The molecule has 2 fully saturated rings. The third kappa shape index (κ3) is 4.36. The van der Waals surface area contributed by atoms with E-state index in [1.54, 1.807) is 12.1 Å². The van der Waals surface area contributed by atoms with Gasteiger partial charge in [-0.15, -0.1) is 0 Å². The number of alkyl halides is 3. The Morgan fingerprint density at radius 2 is 1.55 bits per heavy atom. The Hall–Kier alpha value is -1.84. The fraction of sp³-hybridized carbons (Fsp3) is 0.520. The van der Waals surface area contributed by atoms with E-state index in [2.05, 4.69) is 6.92 Å².